The Balaban J connectivity index is 1.71. The van der Waals surface area contributed by atoms with Gasteiger partial charge in [0.25, 0.3) is 0 Å². The lowest BCUT2D eigenvalue weighted by molar-refractivity contribution is -0.175. The second kappa shape index (κ2) is 7.22. The minimum Gasteiger partial charge on any atom is -0.497 e. The Kier molecular flexibility index (Phi) is 5.42. The van der Waals surface area contributed by atoms with Gasteiger partial charge in [0.2, 0.25) is 0 Å². The second-order valence-electron chi connectivity index (χ2n) is 6.63. The summed E-state index contributed by atoms with van der Waals surface area (Å²) in [6, 6.07) is 7.88. The molecule has 0 amide bonds. The van der Waals surface area contributed by atoms with Crippen LogP contribution in [0.2, 0.25) is 0 Å². The van der Waals surface area contributed by atoms with Crippen molar-refractivity contribution in [2.75, 3.05) is 13.4 Å². The van der Waals surface area contributed by atoms with Crippen LogP contribution in [0.4, 0.5) is 0 Å². The maximum Gasteiger partial charge on any atom is 0.164 e. The van der Waals surface area contributed by atoms with Crippen LogP contribution in [0.25, 0.3) is 0 Å². The lowest BCUT2D eigenvalue weighted by Gasteiger charge is -2.40. The van der Waals surface area contributed by atoms with E-state index in [9.17, 15) is 0 Å². The molecule has 2 aliphatic rings. The fourth-order valence-electron chi connectivity index (χ4n) is 3.23. The van der Waals surface area contributed by atoms with Crippen LogP contribution >= 0.6 is 11.8 Å². The highest BCUT2D eigenvalue weighted by atomic mass is 32.2. The van der Waals surface area contributed by atoms with E-state index in [0.29, 0.717) is 6.61 Å². The third kappa shape index (κ3) is 3.73. The summed E-state index contributed by atoms with van der Waals surface area (Å²) in [5.74, 6) is 0.229. The summed E-state index contributed by atoms with van der Waals surface area (Å²) in [4.78, 5) is 0. The average molecular weight is 354 g/mol. The van der Waals surface area contributed by atoms with Gasteiger partial charge in [0.15, 0.2) is 5.79 Å². The Hall–Kier alpha value is -0.790. The molecular weight excluding hydrogens is 328 g/mol. The van der Waals surface area contributed by atoms with Crippen molar-refractivity contribution < 1.29 is 23.7 Å². The summed E-state index contributed by atoms with van der Waals surface area (Å²) >= 11 is 1.65. The molecule has 1 aromatic rings. The summed E-state index contributed by atoms with van der Waals surface area (Å²) in [7, 11) is 1.66. The Morgan fingerprint density at radius 2 is 1.79 bits per heavy atom. The van der Waals surface area contributed by atoms with Gasteiger partial charge in [0.1, 0.15) is 29.5 Å². The standard InChI is InChI=1S/C18H26O5S/c1-11-14-15(23-18(2,3)22-14)16(17(21-11)24-5)20-10-12-6-8-13(19-4)9-7-12/h6-9,11,14-17H,10H2,1-5H3/t11-,14+,15+,16-,17+/m1/s1. The average Bonchev–Trinajstić information content (AvgIpc) is 2.90. The van der Waals surface area contributed by atoms with Crippen LogP contribution in [-0.2, 0) is 25.6 Å². The zero-order chi connectivity index (χ0) is 17.3. The molecular formula is C18H26O5S. The minimum atomic E-state index is -0.609. The SMILES string of the molecule is COc1ccc(CO[C@@H]2[C@H]3OC(C)(C)O[C@H]3[C@@H](C)O[C@H]2SC)cc1. The number of thioether (sulfide) groups is 1. The van der Waals surface area contributed by atoms with E-state index in [2.05, 4.69) is 0 Å². The molecule has 134 valence electrons. The fourth-order valence-corrected chi connectivity index (χ4v) is 4.02. The van der Waals surface area contributed by atoms with Crippen molar-refractivity contribution in [2.45, 2.75) is 63.0 Å². The monoisotopic (exact) mass is 354 g/mol. The van der Waals surface area contributed by atoms with Gasteiger partial charge in [-0.05, 0) is 44.7 Å². The molecule has 0 spiro atoms. The molecule has 2 saturated heterocycles. The Morgan fingerprint density at radius 1 is 1.12 bits per heavy atom. The van der Waals surface area contributed by atoms with E-state index in [4.69, 9.17) is 23.7 Å². The van der Waals surface area contributed by atoms with Crippen molar-refractivity contribution in [3.63, 3.8) is 0 Å². The fraction of sp³-hybridized carbons (Fsp3) is 0.667. The number of methoxy groups -OCH3 is 1. The molecule has 6 heteroatoms. The van der Waals surface area contributed by atoms with E-state index in [1.807, 2.05) is 51.3 Å². The Bertz CT molecular complexity index is 547. The normalized spacial score (nSPS) is 34.8. The molecule has 5 nitrogen and oxygen atoms in total. The Labute approximate surface area is 147 Å². The molecule has 2 heterocycles. The largest absolute Gasteiger partial charge is 0.497 e. The molecule has 0 saturated carbocycles. The van der Waals surface area contributed by atoms with Gasteiger partial charge in [0.05, 0.1) is 19.8 Å². The zero-order valence-electron chi connectivity index (χ0n) is 14.9. The van der Waals surface area contributed by atoms with Gasteiger partial charge in [-0.15, -0.1) is 11.8 Å². The van der Waals surface area contributed by atoms with Crippen LogP contribution in [0.5, 0.6) is 5.75 Å². The number of fused-ring (bicyclic) bond motifs is 1. The van der Waals surface area contributed by atoms with Gasteiger partial charge in [0, 0.05) is 0 Å². The summed E-state index contributed by atoms with van der Waals surface area (Å²) in [5.41, 5.74) is 1.01. The third-order valence-corrected chi connectivity index (χ3v) is 5.24. The van der Waals surface area contributed by atoms with Crippen LogP contribution in [0.15, 0.2) is 24.3 Å². The maximum atomic E-state index is 6.21. The first-order valence-corrected chi connectivity index (χ1v) is 9.51. The van der Waals surface area contributed by atoms with Crippen molar-refractivity contribution >= 4 is 11.8 Å². The van der Waals surface area contributed by atoms with E-state index < -0.39 is 5.79 Å². The summed E-state index contributed by atoms with van der Waals surface area (Å²) in [5, 5.41) is 0. The van der Waals surface area contributed by atoms with Gasteiger partial charge in [-0.2, -0.15) is 0 Å². The molecule has 0 radical (unpaired) electrons. The second-order valence-corrected chi connectivity index (χ2v) is 7.57. The molecule has 0 aliphatic carbocycles. The molecule has 0 unspecified atom stereocenters. The van der Waals surface area contributed by atoms with E-state index in [0.717, 1.165) is 11.3 Å². The van der Waals surface area contributed by atoms with Crippen molar-refractivity contribution in [2.24, 2.45) is 0 Å². The number of hydrogen-bond donors (Lipinski definition) is 0. The molecule has 0 bridgehead atoms. The van der Waals surface area contributed by atoms with Crippen molar-refractivity contribution in [3.05, 3.63) is 29.8 Å². The van der Waals surface area contributed by atoms with Crippen molar-refractivity contribution in [1.82, 2.24) is 0 Å². The minimum absolute atomic E-state index is 0.0185. The molecule has 2 aliphatic heterocycles. The number of rotatable bonds is 5. The lowest BCUT2D eigenvalue weighted by Crippen LogP contribution is -2.55. The van der Waals surface area contributed by atoms with Crippen LogP contribution < -0.4 is 4.74 Å². The highest BCUT2D eigenvalue weighted by Crippen LogP contribution is 2.40. The van der Waals surface area contributed by atoms with Crippen LogP contribution in [0, 0.1) is 0 Å². The first-order chi connectivity index (χ1) is 11.4. The first kappa shape index (κ1) is 18.0. The summed E-state index contributed by atoms with van der Waals surface area (Å²) in [6.45, 7) is 6.40. The van der Waals surface area contributed by atoms with Gasteiger partial charge in [-0.1, -0.05) is 12.1 Å². The lowest BCUT2D eigenvalue weighted by atomic mass is 10.0. The topological polar surface area (TPSA) is 46.2 Å². The van der Waals surface area contributed by atoms with E-state index in [-0.39, 0.29) is 29.9 Å². The smallest absolute Gasteiger partial charge is 0.164 e. The number of ether oxygens (including phenoxy) is 5. The molecule has 0 aromatic heterocycles. The van der Waals surface area contributed by atoms with Gasteiger partial charge in [-0.25, -0.2) is 0 Å². The maximum absolute atomic E-state index is 6.21. The molecule has 0 N–H and O–H groups in total. The van der Waals surface area contributed by atoms with E-state index in [1.165, 1.54) is 0 Å². The van der Waals surface area contributed by atoms with Gasteiger partial charge < -0.3 is 23.7 Å². The van der Waals surface area contributed by atoms with Crippen LogP contribution in [-0.4, -0.2) is 49.0 Å². The van der Waals surface area contributed by atoms with Crippen LogP contribution in [0.3, 0.4) is 0 Å². The van der Waals surface area contributed by atoms with Crippen molar-refractivity contribution in [3.8, 4) is 5.75 Å². The van der Waals surface area contributed by atoms with Crippen LogP contribution in [0.1, 0.15) is 26.3 Å². The number of hydrogen-bond acceptors (Lipinski definition) is 6. The molecule has 3 rings (SSSR count). The van der Waals surface area contributed by atoms with Gasteiger partial charge >= 0.3 is 0 Å². The van der Waals surface area contributed by atoms with Gasteiger partial charge in [-0.3, -0.25) is 0 Å². The zero-order valence-corrected chi connectivity index (χ0v) is 15.7. The Morgan fingerprint density at radius 3 is 2.42 bits per heavy atom. The number of benzene rings is 1. The molecule has 1 aromatic carbocycles. The first-order valence-electron chi connectivity index (χ1n) is 8.22. The molecule has 24 heavy (non-hydrogen) atoms. The van der Waals surface area contributed by atoms with E-state index in [1.54, 1.807) is 18.9 Å². The predicted molar refractivity (Wildman–Crippen MR) is 93.2 cm³/mol. The molecule has 2 fully saturated rings. The summed E-state index contributed by atoms with van der Waals surface area (Å²) in [6.07, 6.45) is 1.60. The van der Waals surface area contributed by atoms with Crippen molar-refractivity contribution in [1.29, 1.82) is 0 Å². The highest BCUT2D eigenvalue weighted by molar-refractivity contribution is 7.99. The summed E-state index contributed by atoms with van der Waals surface area (Å²) < 4.78 is 29.6. The van der Waals surface area contributed by atoms with E-state index >= 15 is 0 Å². The highest BCUT2D eigenvalue weighted by Gasteiger charge is 2.54. The third-order valence-electron chi connectivity index (χ3n) is 4.40. The molecule has 5 atom stereocenters. The quantitative estimate of drug-likeness (QED) is 0.809. The predicted octanol–water partition coefficient (Wildman–Crippen LogP) is 3.21.